The van der Waals surface area contributed by atoms with E-state index in [1.54, 1.807) is 0 Å². The van der Waals surface area contributed by atoms with Crippen molar-refractivity contribution in [2.45, 2.75) is 18.2 Å². The van der Waals surface area contributed by atoms with Gasteiger partial charge in [-0.1, -0.05) is 18.5 Å². The van der Waals surface area contributed by atoms with E-state index in [0.29, 0.717) is 10.6 Å². The zero-order chi connectivity index (χ0) is 13.2. The highest BCUT2D eigenvalue weighted by molar-refractivity contribution is 7.90. The minimum absolute atomic E-state index is 0.134. The fourth-order valence-electron chi connectivity index (χ4n) is 1.49. The zero-order valence-electron chi connectivity index (χ0n) is 9.47. The van der Waals surface area contributed by atoms with Gasteiger partial charge in [-0.2, -0.15) is 0 Å². The molecule has 0 spiro atoms. The van der Waals surface area contributed by atoms with E-state index >= 15 is 0 Å². The number of halogens is 1. The number of carbonyl (C=O) groups is 1. The summed E-state index contributed by atoms with van der Waals surface area (Å²) in [5.74, 6) is -1.63. The second-order valence-corrected chi connectivity index (χ2v) is 6.39. The Hall–Kier alpha value is -1.07. The van der Waals surface area contributed by atoms with Crippen LogP contribution in [0.5, 0.6) is 0 Å². The van der Waals surface area contributed by atoms with Crippen LogP contribution in [-0.2, 0) is 21.1 Å². The summed E-state index contributed by atoms with van der Waals surface area (Å²) in [6.45, 7) is 1.52. The van der Waals surface area contributed by atoms with E-state index in [2.05, 4.69) is 0 Å². The van der Waals surface area contributed by atoms with Crippen molar-refractivity contribution < 1.29 is 18.3 Å². The van der Waals surface area contributed by atoms with E-state index in [1.807, 2.05) is 0 Å². The third-order valence-corrected chi connectivity index (χ3v) is 3.80. The molecule has 94 valence electrons. The largest absolute Gasteiger partial charge is 0.481 e. The van der Waals surface area contributed by atoms with Crippen molar-refractivity contribution in [1.82, 2.24) is 0 Å². The molecule has 6 heteroatoms. The average Bonchev–Trinajstić information content (AvgIpc) is 2.15. The standard InChI is InChI=1S/C11H13ClO4S/c1-7(11(13)14)5-8-6-9(12)3-4-10(8)17(2,15)16/h3-4,6-7H,5H2,1-2H3,(H,13,14). The topological polar surface area (TPSA) is 71.4 Å². The first-order valence-electron chi connectivity index (χ1n) is 4.93. The number of rotatable bonds is 4. The highest BCUT2D eigenvalue weighted by Gasteiger charge is 2.18. The average molecular weight is 277 g/mol. The van der Waals surface area contributed by atoms with Crippen LogP contribution in [0.2, 0.25) is 5.02 Å². The molecule has 1 atom stereocenters. The van der Waals surface area contributed by atoms with Crippen molar-refractivity contribution >= 4 is 27.4 Å². The van der Waals surface area contributed by atoms with Crippen LogP contribution in [0.25, 0.3) is 0 Å². The van der Waals surface area contributed by atoms with E-state index in [9.17, 15) is 13.2 Å². The van der Waals surface area contributed by atoms with E-state index in [0.717, 1.165) is 6.26 Å². The SMILES string of the molecule is CC(Cc1cc(Cl)ccc1S(C)(=O)=O)C(=O)O. The van der Waals surface area contributed by atoms with Crippen LogP contribution in [0.4, 0.5) is 0 Å². The van der Waals surface area contributed by atoms with Crippen molar-refractivity contribution in [3.63, 3.8) is 0 Å². The molecule has 0 saturated carbocycles. The molecule has 0 aromatic heterocycles. The Morgan fingerprint density at radius 3 is 2.53 bits per heavy atom. The third kappa shape index (κ3) is 3.71. The first-order valence-corrected chi connectivity index (χ1v) is 7.20. The van der Waals surface area contributed by atoms with Gasteiger partial charge in [0.15, 0.2) is 9.84 Å². The number of sulfone groups is 1. The second-order valence-electron chi connectivity index (χ2n) is 3.97. The number of hydrogen-bond donors (Lipinski definition) is 1. The first kappa shape index (κ1) is 14.0. The van der Waals surface area contributed by atoms with E-state index in [1.165, 1.54) is 25.1 Å². The van der Waals surface area contributed by atoms with Crippen LogP contribution in [0, 0.1) is 5.92 Å². The predicted molar refractivity (Wildman–Crippen MR) is 65.1 cm³/mol. The predicted octanol–water partition coefficient (Wildman–Crippen LogP) is 2.01. The zero-order valence-corrected chi connectivity index (χ0v) is 11.0. The van der Waals surface area contributed by atoms with Crippen LogP contribution < -0.4 is 0 Å². The summed E-state index contributed by atoms with van der Waals surface area (Å²) < 4.78 is 23.1. The molecule has 1 aromatic carbocycles. The van der Waals surface area contributed by atoms with Crippen LogP contribution >= 0.6 is 11.6 Å². The lowest BCUT2D eigenvalue weighted by Gasteiger charge is -2.11. The summed E-state index contributed by atoms with van der Waals surface area (Å²) in [5, 5.41) is 9.22. The molecule has 1 unspecified atom stereocenters. The lowest BCUT2D eigenvalue weighted by molar-refractivity contribution is -0.141. The minimum atomic E-state index is -3.37. The molecule has 0 aliphatic rings. The van der Waals surface area contributed by atoms with Crippen molar-refractivity contribution in [2.24, 2.45) is 5.92 Å². The minimum Gasteiger partial charge on any atom is -0.481 e. The van der Waals surface area contributed by atoms with Crippen molar-refractivity contribution in [3.05, 3.63) is 28.8 Å². The van der Waals surface area contributed by atoms with Crippen LogP contribution in [0.15, 0.2) is 23.1 Å². The first-order chi connectivity index (χ1) is 7.71. The molecule has 0 radical (unpaired) electrons. The highest BCUT2D eigenvalue weighted by atomic mass is 35.5. The third-order valence-electron chi connectivity index (χ3n) is 2.37. The summed E-state index contributed by atoms with van der Waals surface area (Å²) >= 11 is 5.79. The maximum atomic E-state index is 11.5. The molecule has 0 fully saturated rings. The lowest BCUT2D eigenvalue weighted by atomic mass is 10.0. The molecule has 0 aliphatic carbocycles. The summed E-state index contributed by atoms with van der Waals surface area (Å²) in [7, 11) is -3.37. The summed E-state index contributed by atoms with van der Waals surface area (Å²) in [6, 6.07) is 4.38. The maximum Gasteiger partial charge on any atom is 0.306 e. The number of hydrogen-bond acceptors (Lipinski definition) is 3. The van der Waals surface area contributed by atoms with Gasteiger partial charge in [0.25, 0.3) is 0 Å². The van der Waals surface area contributed by atoms with Crippen LogP contribution in [-0.4, -0.2) is 25.7 Å². The molecule has 4 nitrogen and oxygen atoms in total. The van der Waals surface area contributed by atoms with Crippen LogP contribution in [0.3, 0.4) is 0 Å². The molecule has 0 bridgehead atoms. The smallest absolute Gasteiger partial charge is 0.306 e. The Balaban J connectivity index is 3.22. The van der Waals surface area contributed by atoms with Gasteiger partial charge in [0, 0.05) is 11.3 Å². The molecular formula is C11H13ClO4S. The summed E-state index contributed by atoms with van der Waals surface area (Å²) in [4.78, 5) is 10.9. The summed E-state index contributed by atoms with van der Waals surface area (Å²) in [6.07, 6.45) is 1.23. The van der Waals surface area contributed by atoms with Gasteiger partial charge in [0.2, 0.25) is 0 Å². The normalized spacial score (nSPS) is 13.4. The molecule has 1 aromatic rings. The molecule has 1 rings (SSSR count). The Bertz CT molecular complexity index is 536. The van der Waals surface area contributed by atoms with Crippen molar-refractivity contribution in [1.29, 1.82) is 0 Å². The second kappa shape index (κ2) is 5.06. The van der Waals surface area contributed by atoms with Gasteiger partial charge in [-0.3, -0.25) is 4.79 Å². The number of aliphatic carboxylic acids is 1. The molecule has 17 heavy (non-hydrogen) atoms. The van der Waals surface area contributed by atoms with E-state index in [4.69, 9.17) is 16.7 Å². The van der Waals surface area contributed by atoms with Gasteiger partial charge < -0.3 is 5.11 Å². The highest BCUT2D eigenvalue weighted by Crippen LogP contribution is 2.23. The molecule has 0 aliphatic heterocycles. The van der Waals surface area contributed by atoms with E-state index < -0.39 is 21.7 Å². The number of carboxylic acids is 1. The molecule has 0 amide bonds. The Morgan fingerprint density at radius 2 is 2.06 bits per heavy atom. The maximum absolute atomic E-state index is 11.5. The van der Waals surface area contributed by atoms with Gasteiger partial charge in [-0.05, 0) is 30.2 Å². The fraction of sp³-hybridized carbons (Fsp3) is 0.364. The number of benzene rings is 1. The van der Waals surface area contributed by atoms with Crippen LogP contribution in [0.1, 0.15) is 12.5 Å². The quantitative estimate of drug-likeness (QED) is 0.913. The lowest BCUT2D eigenvalue weighted by Crippen LogP contribution is -2.14. The van der Waals surface area contributed by atoms with Gasteiger partial charge in [0.1, 0.15) is 0 Å². The summed E-state index contributed by atoms with van der Waals surface area (Å²) in [5.41, 5.74) is 0.440. The van der Waals surface area contributed by atoms with Gasteiger partial charge in [-0.25, -0.2) is 8.42 Å². The molecular weight excluding hydrogens is 264 g/mol. The van der Waals surface area contributed by atoms with E-state index in [-0.39, 0.29) is 11.3 Å². The van der Waals surface area contributed by atoms with Crippen molar-refractivity contribution in [2.75, 3.05) is 6.26 Å². The fourth-order valence-corrected chi connectivity index (χ4v) is 2.61. The van der Waals surface area contributed by atoms with Crippen molar-refractivity contribution in [3.8, 4) is 0 Å². The molecule has 0 heterocycles. The van der Waals surface area contributed by atoms with Gasteiger partial charge >= 0.3 is 5.97 Å². The molecule has 0 saturated heterocycles. The number of carboxylic acid groups (broad SMARTS) is 1. The monoisotopic (exact) mass is 276 g/mol. The van der Waals surface area contributed by atoms with Gasteiger partial charge in [0.05, 0.1) is 10.8 Å². The molecule has 1 N–H and O–H groups in total. The Kier molecular flexibility index (Phi) is 4.16. The Morgan fingerprint density at radius 1 is 1.47 bits per heavy atom. The van der Waals surface area contributed by atoms with Gasteiger partial charge in [-0.15, -0.1) is 0 Å². The Labute approximate surface area is 105 Å².